The number of primary amides is 1. The van der Waals surface area contributed by atoms with Crippen LogP contribution in [-0.2, 0) is 9.59 Å². The van der Waals surface area contributed by atoms with Crippen molar-refractivity contribution in [3.05, 3.63) is 29.8 Å². The minimum atomic E-state index is -0.295. The Morgan fingerprint density at radius 1 is 1.15 bits per heavy atom. The number of nitrogens with zero attached hydrogens (tertiary/aromatic N) is 2. The number of piperidine rings is 1. The zero-order chi connectivity index (χ0) is 18.5. The third kappa shape index (κ3) is 4.36. The van der Waals surface area contributed by atoms with Crippen LogP contribution in [0.25, 0.3) is 0 Å². The highest BCUT2D eigenvalue weighted by Crippen LogP contribution is 2.32. The molecule has 0 aliphatic carbocycles. The van der Waals surface area contributed by atoms with Gasteiger partial charge in [0.1, 0.15) is 5.75 Å². The predicted octanol–water partition coefficient (Wildman–Crippen LogP) is 1.95. The van der Waals surface area contributed by atoms with Crippen molar-refractivity contribution in [3.63, 3.8) is 0 Å². The van der Waals surface area contributed by atoms with Crippen LogP contribution in [0.5, 0.6) is 5.75 Å². The van der Waals surface area contributed by atoms with E-state index in [2.05, 4.69) is 17.0 Å². The summed E-state index contributed by atoms with van der Waals surface area (Å²) in [7, 11) is 0. The molecule has 2 N–H and O–H groups in total. The Morgan fingerprint density at radius 3 is 2.58 bits per heavy atom. The average molecular weight is 359 g/mol. The van der Waals surface area contributed by atoms with Crippen LogP contribution in [0.4, 0.5) is 0 Å². The maximum atomic E-state index is 12.8. The van der Waals surface area contributed by atoms with E-state index in [1.54, 1.807) is 0 Å². The Labute approximate surface area is 155 Å². The molecule has 0 bridgehead atoms. The highest BCUT2D eigenvalue weighted by Gasteiger charge is 2.31. The maximum Gasteiger partial charge on any atom is 0.236 e. The molecule has 1 aromatic carbocycles. The molecular weight excluding hydrogens is 330 g/mol. The molecule has 26 heavy (non-hydrogen) atoms. The highest BCUT2D eigenvalue weighted by molar-refractivity contribution is 5.81. The number of amides is 2. The standard InChI is InChI=1S/C20H29N3O3/c1-2-26-17-9-7-15(8-10-17)18-6-4-11-22(18)14-19(24)23-12-3-5-16(13-23)20(21)25/h7-10,16,18H,2-6,11-14H2,1H3,(H2,21,25). The fourth-order valence-electron chi connectivity index (χ4n) is 4.06. The summed E-state index contributed by atoms with van der Waals surface area (Å²) in [4.78, 5) is 28.3. The van der Waals surface area contributed by atoms with Crippen LogP contribution in [0.3, 0.4) is 0 Å². The van der Waals surface area contributed by atoms with Gasteiger partial charge in [-0.05, 0) is 56.8 Å². The fourth-order valence-corrected chi connectivity index (χ4v) is 4.06. The number of carbonyl (C=O) groups excluding carboxylic acids is 2. The molecule has 2 amide bonds. The van der Waals surface area contributed by atoms with Crippen LogP contribution < -0.4 is 10.5 Å². The summed E-state index contributed by atoms with van der Waals surface area (Å²) in [6.07, 6.45) is 3.79. The lowest BCUT2D eigenvalue weighted by Crippen LogP contribution is -2.47. The largest absolute Gasteiger partial charge is 0.494 e. The molecule has 3 rings (SSSR count). The lowest BCUT2D eigenvalue weighted by molar-refractivity contribution is -0.136. The van der Waals surface area contributed by atoms with Gasteiger partial charge in [0.05, 0.1) is 19.1 Å². The lowest BCUT2D eigenvalue weighted by Gasteiger charge is -2.33. The van der Waals surface area contributed by atoms with Gasteiger partial charge in [0.25, 0.3) is 0 Å². The van der Waals surface area contributed by atoms with Crippen LogP contribution in [0, 0.1) is 5.92 Å². The Hall–Kier alpha value is -2.08. The normalized spacial score (nSPS) is 23.8. The minimum absolute atomic E-state index is 0.105. The summed E-state index contributed by atoms with van der Waals surface area (Å²) in [5.41, 5.74) is 6.66. The minimum Gasteiger partial charge on any atom is -0.494 e. The summed E-state index contributed by atoms with van der Waals surface area (Å²) in [5.74, 6) is 0.487. The van der Waals surface area contributed by atoms with Gasteiger partial charge >= 0.3 is 0 Å². The summed E-state index contributed by atoms with van der Waals surface area (Å²) >= 11 is 0. The molecule has 2 fully saturated rings. The van der Waals surface area contributed by atoms with E-state index in [-0.39, 0.29) is 23.8 Å². The van der Waals surface area contributed by atoms with Gasteiger partial charge in [0, 0.05) is 19.1 Å². The fraction of sp³-hybridized carbons (Fsp3) is 0.600. The average Bonchev–Trinajstić information content (AvgIpc) is 3.11. The van der Waals surface area contributed by atoms with Gasteiger partial charge in [-0.15, -0.1) is 0 Å². The third-order valence-corrected chi connectivity index (χ3v) is 5.45. The zero-order valence-electron chi connectivity index (χ0n) is 15.5. The summed E-state index contributed by atoms with van der Waals surface area (Å²) in [5, 5.41) is 0. The Kier molecular flexibility index (Phi) is 6.14. The number of nitrogens with two attached hydrogens (primary N) is 1. The van der Waals surface area contributed by atoms with Gasteiger partial charge in [-0.3, -0.25) is 14.5 Å². The van der Waals surface area contributed by atoms with Crippen molar-refractivity contribution in [2.75, 3.05) is 32.8 Å². The molecule has 0 aromatic heterocycles. The van der Waals surface area contributed by atoms with Crippen molar-refractivity contribution in [2.24, 2.45) is 11.7 Å². The van der Waals surface area contributed by atoms with Crippen molar-refractivity contribution in [1.29, 1.82) is 0 Å². The van der Waals surface area contributed by atoms with E-state index in [9.17, 15) is 9.59 Å². The van der Waals surface area contributed by atoms with Gasteiger partial charge in [-0.1, -0.05) is 12.1 Å². The number of hydrogen-bond donors (Lipinski definition) is 1. The molecule has 2 unspecified atom stereocenters. The van der Waals surface area contributed by atoms with Crippen molar-refractivity contribution < 1.29 is 14.3 Å². The van der Waals surface area contributed by atoms with E-state index in [0.29, 0.717) is 19.7 Å². The number of rotatable bonds is 6. The molecule has 2 atom stereocenters. The van der Waals surface area contributed by atoms with Crippen LogP contribution in [0.1, 0.15) is 44.2 Å². The molecule has 0 radical (unpaired) electrons. The quantitative estimate of drug-likeness (QED) is 0.842. The summed E-state index contributed by atoms with van der Waals surface area (Å²) < 4.78 is 5.51. The van der Waals surface area contributed by atoms with Gasteiger partial charge in [-0.25, -0.2) is 0 Å². The number of ether oxygens (including phenoxy) is 1. The van der Waals surface area contributed by atoms with Crippen LogP contribution in [-0.4, -0.2) is 54.4 Å². The van der Waals surface area contributed by atoms with Crippen molar-refractivity contribution in [1.82, 2.24) is 9.80 Å². The topological polar surface area (TPSA) is 75.9 Å². The molecule has 2 aliphatic rings. The number of benzene rings is 1. The second-order valence-corrected chi connectivity index (χ2v) is 7.21. The molecular formula is C20H29N3O3. The number of likely N-dealkylation sites (tertiary alicyclic amines) is 2. The molecule has 142 valence electrons. The Morgan fingerprint density at radius 2 is 1.88 bits per heavy atom. The second kappa shape index (κ2) is 8.54. The Bertz CT molecular complexity index is 632. The van der Waals surface area contributed by atoms with Gasteiger partial charge in [0.2, 0.25) is 11.8 Å². The van der Waals surface area contributed by atoms with Gasteiger partial charge in [0.15, 0.2) is 0 Å². The van der Waals surface area contributed by atoms with Gasteiger partial charge < -0.3 is 15.4 Å². The van der Waals surface area contributed by atoms with E-state index in [4.69, 9.17) is 10.5 Å². The van der Waals surface area contributed by atoms with E-state index >= 15 is 0 Å². The van der Waals surface area contributed by atoms with Gasteiger partial charge in [-0.2, -0.15) is 0 Å². The first kappa shape index (κ1) is 18.7. The molecule has 2 aliphatic heterocycles. The van der Waals surface area contributed by atoms with Crippen molar-refractivity contribution in [2.45, 2.75) is 38.6 Å². The van der Waals surface area contributed by atoms with E-state index < -0.39 is 0 Å². The highest BCUT2D eigenvalue weighted by atomic mass is 16.5. The first-order valence-electron chi connectivity index (χ1n) is 9.62. The van der Waals surface area contributed by atoms with Crippen LogP contribution in [0.15, 0.2) is 24.3 Å². The van der Waals surface area contributed by atoms with E-state index in [1.807, 2.05) is 24.0 Å². The van der Waals surface area contributed by atoms with E-state index in [1.165, 1.54) is 5.56 Å². The maximum absolute atomic E-state index is 12.8. The lowest BCUT2D eigenvalue weighted by atomic mass is 9.97. The molecule has 1 aromatic rings. The zero-order valence-corrected chi connectivity index (χ0v) is 15.5. The Balaban J connectivity index is 1.61. The molecule has 6 heteroatoms. The third-order valence-electron chi connectivity index (χ3n) is 5.45. The van der Waals surface area contributed by atoms with Crippen molar-refractivity contribution in [3.8, 4) is 5.75 Å². The SMILES string of the molecule is CCOc1ccc(C2CCCN2CC(=O)N2CCCC(C(N)=O)C2)cc1. The molecule has 2 saturated heterocycles. The van der Waals surface area contributed by atoms with Crippen LogP contribution >= 0.6 is 0 Å². The monoisotopic (exact) mass is 359 g/mol. The van der Waals surface area contributed by atoms with Crippen LogP contribution in [0.2, 0.25) is 0 Å². The summed E-state index contributed by atoms with van der Waals surface area (Å²) in [6.45, 7) is 5.16. The number of carbonyl (C=O) groups is 2. The smallest absolute Gasteiger partial charge is 0.236 e. The molecule has 2 heterocycles. The molecule has 0 spiro atoms. The summed E-state index contributed by atoms with van der Waals surface area (Å²) in [6, 6.07) is 8.47. The molecule has 6 nitrogen and oxygen atoms in total. The number of hydrogen-bond acceptors (Lipinski definition) is 4. The molecule has 0 saturated carbocycles. The van der Waals surface area contributed by atoms with Crippen molar-refractivity contribution >= 4 is 11.8 Å². The predicted molar refractivity (Wildman–Crippen MR) is 99.7 cm³/mol. The second-order valence-electron chi connectivity index (χ2n) is 7.21. The first-order valence-corrected chi connectivity index (χ1v) is 9.62. The van der Waals surface area contributed by atoms with E-state index in [0.717, 1.165) is 44.5 Å². The first-order chi connectivity index (χ1) is 12.6.